The van der Waals surface area contributed by atoms with Crippen LogP contribution in [0.15, 0.2) is 24.8 Å². The third-order valence-corrected chi connectivity index (χ3v) is 3.57. The fraction of sp³-hybridized carbons (Fsp3) is 0.692. The maximum absolute atomic E-state index is 5.95. The van der Waals surface area contributed by atoms with E-state index in [1.54, 1.807) is 6.08 Å². The van der Waals surface area contributed by atoms with Gasteiger partial charge >= 0.3 is 0 Å². The van der Waals surface area contributed by atoms with E-state index < -0.39 is 11.4 Å². The van der Waals surface area contributed by atoms with Crippen LogP contribution in [-0.2, 0) is 18.9 Å². The van der Waals surface area contributed by atoms with Crippen LogP contribution in [0.4, 0.5) is 0 Å². The van der Waals surface area contributed by atoms with Crippen LogP contribution in [0.2, 0.25) is 0 Å². The van der Waals surface area contributed by atoms with Gasteiger partial charge in [0.25, 0.3) is 0 Å². The highest BCUT2D eigenvalue weighted by molar-refractivity contribution is 5.16. The van der Waals surface area contributed by atoms with Gasteiger partial charge in [-0.2, -0.15) is 0 Å². The average molecular weight is 238 g/mol. The monoisotopic (exact) mass is 238 g/mol. The zero-order valence-electron chi connectivity index (χ0n) is 10.2. The van der Waals surface area contributed by atoms with E-state index in [0.29, 0.717) is 6.61 Å². The van der Waals surface area contributed by atoms with Crippen LogP contribution in [0.3, 0.4) is 0 Å². The Labute approximate surface area is 101 Å². The molecule has 0 aliphatic carbocycles. The smallest absolute Gasteiger partial charge is 0.190 e. The largest absolute Gasteiger partial charge is 0.365 e. The Kier molecular flexibility index (Phi) is 2.45. The SMILES string of the molecule is C=C[C@H]1O[C@@H]2OC(C)(C)O[C@@H]2[C@@]12CC=CCO2. The fourth-order valence-corrected chi connectivity index (χ4v) is 2.83. The average Bonchev–Trinajstić information content (AvgIpc) is 2.74. The van der Waals surface area contributed by atoms with Gasteiger partial charge in [0.1, 0.15) is 17.8 Å². The normalized spacial score (nSPS) is 47.3. The molecule has 3 heterocycles. The third-order valence-electron chi connectivity index (χ3n) is 3.57. The minimum absolute atomic E-state index is 0.182. The summed E-state index contributed by atoms with van der Waals surface area (Å²) in [6.07, 6.45) is 5.94. The molecule has 1 spiro atoms. The van der Waals surface area contributed by atoms with Crippen molar-refractivity contribution in [1.29, 1.82) is 0 Å². The molecule has 3 aliphatic rings. The van der Waals surface area contributed by atoms with Gasteiger partial charge in [-0.25, -0.2) is 0 Å². The van der Waals surface area contributed by atoms with Crippen LogP contribution in [0.25, 0.3) is 0 Å². The Morgan fingerprint density at radius 2 is 2.12 bits per heavy atom. The first-order valence-corrected chi connectivity index (χ1v) is 6.00. The van der Waals surface area contributed by atoms with E-state index in [1.165, 1.54) is 0 Å². The third kappa shape index (κ3) is 1.59. The van der Waals surface area contributed by atoms with Crippen LogP contribution in [0.5, 0.6) is 0 Å². The molecule has 0 unspecified atom stereocenters. The molecule has 3 rings (SSSR count). The van der Waals surface area contributed by atoms with Crippen LogP contribution in [-0.4, -0.2) is 36.5 Å². The van der Waals surface area contributed by atoms with Crippen molar-refractivity contribution in [3.8, 4) is 0 Å². The van der Waals surface area contributed by atoms with Gasteiger partial charge in [-0.05, 0) is 13.8 Å². The lowest BCUT2D eigenvalue weighted by Gasteiger charge is -2.37. The summed E-state index contributed by atoms with van der Waals surface area (Å²) in [6.45, 7) is 8.19. The molecule has 4 nitrogen and oxygen atoms in total. The first-order chi connectivity index (χ1) is 8.07. The molecule has 0 aromatic rings. The van der Waals surface area contributed by atoms with Gasteiger partial charge in [-0.15, -0.1) is 6.58 Å². The summed E-state index contributed by atoms with van der Waals surface area (Å²) in [7, 11) is 0. The zero-order chi connectivity index (χ0) is 12.1. The minimum Gasteiger partial charge on any atom is -0.365 e. The Hall–Kier alpha value is -0.680. The molecule has 0 saturated carbocycles. The molecule has 4 atom stereocenters. The second kappa shape index (κ2) is 3.65. The Bertz CT molecular complexity index is 362. The zero-order valence-corrected chi connectivity index (χ0v) is 10.2. The van der Waals surface area contributed by atoms with Crippen molar-refractivity contribution in [2.45, 2.75) is 50.2 Å². The summed E-state index contributed by atoms with van der Waals surface area (Å²) < 4.78 is 23.5. The highest BCUT2D eigenvalue weighted by Crippen LogP contribution is 2.47. The van der Waals surface area contributed by atoms with E-state index in [9.17, 15) is 0 Å². The molecule has 94 valence electrons. The molecule has 2 saturated heterocycles. The molecule has 0 bridgehead atoms. The quantitative estimate of drug-likeness (QED) is 0.652. The van der Waals surface area contributed by atoms with Crippen molar-refractivity contribution in [3.63, 3.8) is 0 Å². The number of ether oxygens (including phenoxy) is 4. The maximum Gasteiger partial charge on any atom is 0.190 e. The summed E-state index contributed by atoms with van der Waals surface area (Å²) in [6, 6.07) is 0. The molecule has 0 amide bonds. The van der Waals surface area contributed by atoms with Gasteiger partial charge in [-0.3, -0.25) is 0 Å². The van der Waals surface area contributed by atoms with E-state index in [0.717, 1.165) is 6.42 Å². The van der Waals surface area contributed by atoms with Gasteiger partial charge in [0.15, 0.2) is 12.1 Å². The molecular formula is C13H18O4. The Morgan fingerprint density at radius 1 is 1.29 bits per heavy atom. The lowest BCUT2D eigenvalue weighted by Crippen LogP contribution is -2.51. The highest BCUT2D eigenvalue weighted by Gasteiger charge is 2.63. The number of fused-ring (bicyclic) bond motifs is 2. The lowest BCUT2D eigenvalue weighted by molar-refractivity contribution is -0.228. The second-order valence-corrected chi connectivity index (χ2v) is 5.16. The van der Waals surface area contributed by atoms with Crippen LogP contribution >= 0.6 is 0 Å². The minimum atomic E-state index is -0.612. The van der Waals surface area contributed by atoms with Gasteiger partial charge < -0.3 is 18.9 Å². The van der Waals surface area contributed by atoms with E-state index in [2.05, 4.69) is 12.7 Å². The first-order valence-electron chi connectivity index (χ1n) is 6.00. The molecule has 0 aromatic heterocycles. The molecule has 0 aromatic carbocycles. The first kappa shape index (κ1) is 11.4. The number of hydrogen-bond acceptors (Lipinski definition) is 4. The molecule has 2 fully saturated rings. The van der Waals surface area contributed by atoms with Crippen molar-refractivity contribution < 1.29 is 18.9 Å². The predicted molar refractivity (Wildman–Crippen MR) is 61.3 cm³/mol. The van der Waals surface area contributed by atoms with E-state index in [4.69, 9.17) is 18.9 Å². The Balaban J connectivity index is 1.93. The second-order valence-electron chi connectivity index (χ2n) is 5.16. The molecule has 0 N–H and O–H groups in total. The van der Waals surface area contributed by atoms with Gasteiger partial charge in [0.05, 0.1) is 6.61 Å². The van der Waals surface area contributed by atoms with Crippen molar-refractivity contribution in [2.75, 3.05) is 6.61 Å². The van der Waals surface area contributed by atoms with Crippen molar-refractivity contribution in [2.24, 2.45) is 0 Å². The molecule has 4 heteroatoms. The summed E-state index contributed by atoms with van der Waals surface area (Å²) in [4.78, 5) is 0. The summed E-state index contributed by atoms with van der Waals surface area (Å²) in [5.41, 5.74) is -0.477. The van der Waals surface area contributed by atoms with Crippen LogP contribution in [0, 0.1) is 0 Å². The Morgan fingerprint density at radius 3 is 2.76 bits per heavy atom. The standard InChI is InChI=1S/C13H18O4/c1-4-9-13(7-5-6-8-14-13)10-11(15-9)17-12(2,3)16-10/h4-6,9-11H,1,7-8H2,2-3H3/t9-,10+,11-,13-/m1/s1. The summed E-state index contributed by atoms with van der Waals surface area (Å²) in [5, 5.41) is 0. The number of hydrogen-bond donors (Lipinski definition) is 0. The predicted octanol–water partition coefficient (Wildman–Crippen LogP) is 1.76. The summed E-state index contributed by atoms with van der Waals surface area (Å²) in [5.74, 6) is -0.612. The van der Waals surface area contributed by atoms with Crippen molar-refractivity contribution >= 4 is 0 Å². The van der Waals surface area contributed by atoms with Crippen LogP contribution in [0.1, 0.15) is 20.3 Å². The van der Waals surface area contributed by atoms with E-state index in [-0.39, 0.29) is 18.5 Å². The van der Waals surface area contributed by atoms with Gasteiger partial charge in [0, 0.05) is 6.42 Å². The molecule has 3 aliphatic heterocycles. The molecular weight excluding hydrogens is 220 g/mol. The van der Waals surface area contributed by atoms with Crippen LogP contribution < -0.4 is 0 Å². The maximum atomic E-state index is 5.95. The highest BCUT2D eigenvalue weighted by atomic mass is 16.8. The van der Waals surface area contributed by atoms with Crippen molar-refractivity contribution in [3.05, 3.63) is 24.8 Å². The van der Waals surface area contributed by atoms with E-state index >= 15 is 0 Å². The summed E-state index contributed by atoms with van der Waals surface area (Å²) >= 11 is 0. The van der Waals surface area contributed by atoms with Gasteiger partial charge in [-0.1, -0.05) is 18.2 Å². The van der Waals surface area contributed by atoms with E-state index in [1.807, 2.05) is 19.9 Å². The van der Waals surface area contributed by atoms with Gasteiger partial charge in [0.2, 0.25) is 0 Å². The topological polar surface area (TPSA) is 36.9 Å². The number of rotatable bonds is 1. The molecule has 0 radical (unpaired) electrons. The van der Waals surface area contributed by atoms with Crippen molar-refractivity contribution in [1.82, 2.24) is 0 Å². The lowest BCUT2D eigenvalue weighted by atomic mass is 9.87. The molecule has 17 heavy (non-hydrogen) atoms. The fourth-order valence-electron chi connectivity index (χ4n) is 2.83.